The molecule has 1 aromatic heterocycles. The molecule has 2 amide bonds. The van der Waals surface area contributed by atoms with E-state index in [0.29, 0.717) is 26.3 Å². The normalized spacial score (nSPS) is 15.5. The van der Waals surface area contributed by atoms with Gasteiger partial charge in [0, 0.05) is 30.2 Å². The van der Waals surface area contributed by atoms with Crippen LogP contribution in [-0.2, 0) is 20.9 Å². The number of anilines is 1. The largest absolute Gasteiger partial charge is 0.378 e. The summed E-state index contributed by atoms with van der Waals surface area (Å²) in [5, 5.41) is 7.44. The van der Waals surface area contributed by atoms with Gasteiger partial charge in [-0.2, -0.15) is 0 Å². The van der Waals surface area contributed by atoms with Gasteiger partial charge in [0.25, 0.3) is 0 Å². The SMILES string of the molecule is CN(C)c1ccc([C@@H](CNC(=O)C(=O)NCc2cccs2)[NH+]2CCOCC2)cc1. The molecule has 0 spiro atoms. The molecule has 29 heavy (non-hydrogen) atoms. The standard InChI is InChI=1S/C21H28N4O3S/c1-24(2)17-7-5-16(6-8-17)19(25-9-11-28-12-10-25)15-23-21(27)20(26)22-14-18-4-3-13-29-18/h3-8,13,19H,9-12,14-15H2,1-2H3,(H,22,26)(H,23,27)/p+1/t19-/m1/s1. The molecule has 0 radical (unpaired) electrons. The van der Waals surface area contributed by atoms with Gasteiger partial charge >= 0.3 is 11.8 Å². The van der Waals surface area contributed by atoms with Crippen LogP contribution in [0, 0.1) is 0 Å². The molecule has 2 heterocycles. The van der Waals surface area contributed by atoms with Gasteiger partial charge in [0.15, 0.2) is 0 Å². The number of quaternary nitrogens is 1. The minimum absolute atomic E-state index is 0.0733. The molecular formula is C21H29N4O3S+. The third-order valence-corrected chi connectivity index (χ3v) is 5.99. The summed E-state index contributed by atoms with van der Waals surface area (Å²) in [5.74, 6) is -1.19. The summed E-state index contributed by atoms with van der Waals surface area (Å²) in [5.41, 5.74) is 2.27. The monoisotopic (exact) mass is 417 g/mol. The second kappa shape index (κ2) is 10.4. The molecule has 1 aliphatic rings. The molecule has 0 bridgehead atoms. The van der Waals surface area contributed by atoms with E-state index in [2.05, 4.69) is 39.8 Å². The van der Waals surface area contributed by atoms with Crippen molar-refractivity contribution in [3.05, 3.63) is 52.2 Å². The lowest BCUT2D eigenvalue weighted by molar-refractivity contribution is -0.937. The predicted octanol–water partition coefficient (Wildman–Crippen LogP) is 0.203. The Morgan fingerprint density at radius 1 is 1.10 bits per heavy atom. The molecule has 0 aliphatic carbocycles. The minimum atomic E-state index is -0.600. The minimum Gasteiger partial charge on any atom is -0.378 e. The molecule has 0 unspecified atom stereocenters. The van der Waals surface area contributed by atoms with Gasteiger partial charge < -0.3 is 25.2 Å². The zero-order valence-corrected chi connectivity index (χ0v) is 17.8. The van der Waals surface area contributed by atoms with E-state index in [0.717, 1.165) is 29.2 Å². The fourth-order valence-corrected chi connectivity index (χ4v) is 4.07. The molecule has 3 rings (SSSR count). The first-order chi connectivity index (χ1) is 14.0. The number of rotatable bonds is 7. The van der Waals surface area contributed by atoms with Crippen molar-refractivity contribution in [2.45, 2.75) is 12.6 Å². The Hall–Kier alpha value is -2.42. The summed E-state index contributed by atoms with van der Waals surface area (Å²) >= 11 is 1.55. The van der Waals surface area contributed by atoms with E-state index in [1.54, 1.807) is 11.3 Å². The number of nitrogens with one attached hydrogen (secondary N) is 3. The van der Waals surface area contributed by atoms with E-state index in [1.807, 2.05) is 31.6 Å². The number of ether oxygens (including phenoxy) is 1. The van der Waals surface area contributed by atoms with Crippen LogP contribution >= 0.6 is 11.3 Å². The highest BCUT2D eigenvalue weighted by Gasteiger charge is 2.27. The van der Waals surface area contributed by atoms with Crippen LogP contribution in [0.4, 0.5) is 5.69 Å². The Balaban J connectivity index is 1.61. The van der Waals surface area contributed by atoms with Crippen molar-refractivity contribution < 1.29 is 19.2 Å². The van der Waals surface area contributed by atoms with Crippen LogP contribution < -0.4 is 20.4 Å². The van der Waals surface area contributed by atoms with Gasteiger partial charge in [-0.05, 0) is 23.6 Å². The van der Waals surface area contributed by atoms with Crippen LogP contribution in [0.3, 0.4) is 0 Å². The number of benzene rings is 1. The average Bonchev–Trinajstić information content (AvgIpc) is 3.27. The Morgan fingerprint density at radius 2 is 1.79 bits per heavy atom. The second-order valence-electron chi connectivity index (χ2n) is 7.28. The molecule has 3 N–H and O–H groups in total. The van der Waals surface area contributed by atoms with Gasteiger partial charge in [-0.25, -0.2) is 0 Å². The first kappa shape index (κ1) is 21.3. The zero-order chi connectivity index (χ0) is 20.6. The summed E-state index contributed by atoms with van der Waals surface area (Å²) < 4.78 is 5.49. The van der Waals surface area contributed by atoms with Crippen LogP contribution in [0.2, 0.25) is 0 Å². The summed E-state index contributed by atoms with van der Waals surface area (Å²) in [6.45, 7) is 3.94. The summed E-state index contributed by atoms with van der Waals surface area (Å²) in [4.78, 5) is 28.9. The first-order valence-electron chi connectivity index (χ1n) is 9.82. The number of carbonyl (C=O) groups is 2. The zero-order valence-electron chi connectivity index (χ0n) is 16.9. The van der Waals surface area contributed by atoms with Crippen LogP contribution in [0.25, 0.3) is 0 Å². The fourth-order valence-electron chi connectivity index (χ4n) is 3.42. The van der Waals surface area contributed by atoms with Crippen LogP contribution in [-0.4, -0.2) is 58.8 Å². The molecule has 0 saturated carbocycles. The van der Waals surface area contributed by atoms with Crippen molar-refractivity contribution >= 4 is 28.8 Å². The highest BCUT2D eigenvalue weighted by atomic mass is 32.1. The number of hydrogen-bond donors (Lipinski definition) is 3. The number of amides is 2. The van der Waals surface area contributed by atoms with E-state index in [4.69, 9.17) is 4.74 Å². The molecule has 1 atom stereocenters. The molecule has 1 saturated heterocycles. The van der Waals surface area contributed by atoms with Gasteiger partial charge in [-0.15, -0.1) is 11.3 Å². The van der Waals surface area contributed by atoms with Crippen molar-refractivity contribution in [3.8, 4) is 0 Å². The number of morpholine rings is 1. The number of thiophene rings is 1. The Morgan fingerprint density at radius 3 is 2.41 bits per heavy atom. The highest BCUT2D eigenvalue weighted by Crippen LogP contribution is 2.16. The van der Waals surface area contributed by atoms with Crippen molar-refractivity contribution in [1.29, 1.82) is 0 Å². The van der Waals surface area contributed by atoms with Crippen molar-refractivity contribution in [1.82, 2.24) is 10.6 Å². The lowest BCUT2D eigenvalue weighted by Gasteiger charge is -2.32. The third kappa shape index (κ3) is 6.03. The van der Waals surface area contributed by atoms with E-state index in [9.17, 15) is 9.59 Å². The van der Waals surface area contributed by atoms with Gasteiger partial charge in [-0.1, -0.05) is 18.2 Å². The number of hydrogen-bond acceptors (Lipinski definition) is 5. The highest BCUT2D eigenvalue weighted by molar-refractivity contribution is 7.09. The Bertz CT molecular complexity index is 787. The number of nitrogens with zero attached hydrogens (tertiary/aromatic N) is 1. The van der Waals surface area contributed by atoms with E-state index < -0.39 is 11.8 Å². The quantitative estimate of drug-likeness (QED) is 0.563. The molecule has 8 heteroatoms. The lowest BCUT2D eigenvalue weighted by atomic mass is 10.0. The summed E-state index contributed by atoms with van der Waals surface area (Å²) in [7, 11) is 4.02. The topological polar surface area (TPSA) is 75.1 Å². The van der Waals surface area contributed by atoms with Crippen LogP contribution in [0.1, 0.15) is 16.5 Å². The van der Waals surface area contributed by atoms with E-state index in [1.165, 1.54) is 4.90 Å². The van der Waals surface area contributed by atoms with E-state index in [-0.39, 0.29) is 6.04 Å². The smallest absolute Gasteiger partial charge is 0.309 e. The van der Waals surface area contributed by atoms with Crippen molar-refractivity contribution in [3.63, 3.8) is 0 Å². The lowest BCUT2D eigenvalue weighted by Crippen LogP contribution is -3.15. The molecule has 1 aliphatic heterocycles. The van der Waals surface area contributed by atoms with Crippen LogP contribution in [0.5, 0.6) is 0 Å². The fraction of sp³-hybridized carbons (Fsp3) is 0.429. The molecule has 2 aromatic rings. The van der Waals surface area contributed by atoms with Gasteiger partial charge in [0.2, 0.25) is 0 Å². The van der Waals surface area contributed by atoms with Gasteiger partial charge in [0.1, 0.15) is 19.1 Å². The average molecular weight is 418 g/mol. The van der Waals surface area contributed by atoms with Crippen molar-refractivity contribution in [2.75, 3.05) is 51.8 Å². The summed E-state index contributed by atoms with van der Waals surface area (Å²) in [6, 6.07) is 12.3. The van der Waals surface area contributed by atoms with Gasteiger partial charge in [0.05, 0.1) is 26.3 Å². The first-order valence-corrected chi connectivity index (χ1v) is 10.7. The Labute approximate surface area is 175 Å². The predicted molar refractivity (Wildman–Crippen MR) is 114 cm³/mol. The molecular weight excluding hydrogens is 388 g/mol. The maximum absolute atomic E-state index is 12.3. The van der Waals surface area contributed by atoms with Crippen molar-refractivity contribution in [2.24, 2.45) is 0 Å². The molecule has 1 aromatic carbocycles. The third-order valence-electron chi connectivity index (χ3n) is 5.12. The van der Waals surface area contributed by atoms with E-state index >= 15 is 0 Å². The molecule has 156 valence electrons. The molecule has 7 nitrogen and oxygen atoms in total. The second-order valence-corrected chi connectivity index (χ2v) is 8.31. The number of carbonyl (C=O) groups excluding carboxylic acids is 2. The maximum Gasteiger partial charge on any atom is 0.309 e. The maximum atomic E-state index is 12.3. The van der Waals surface area contributed by atoms with Gasteiger partial charge in [-0.3, -0.25) is 9.59 Å². The summed E-state index contributed by atoms with van der Waals surface area (Å²) in [6.07, 6.45) is 0. The Kier molecular flexibility index (Phi) is 7.62. The van der Waals surface area contributed by atoms with Crippen LogP contribution in [0.15, 0.2) is 41.8 Å². The molecule has 1 fully saturated rings.